The fourth-order valence-corrected chi connectivity index (χ4v) is 17.9. The normalized spacial score (nSPS) is 16.0. The van der Waals surface area contributed by atoms with Crippen LogP contribution in [-0.4, -0.2) is 20.4 Å². The molecule has 22 rings (SSSR count). The van der Waals surface area contributed by atoms with Gasteiger partial charge in [-0.3, -0.25) is 0 Å². The van der Waals surface area contributed by atoms with Gasteiger partial charge in [0.05, 0.1) is 84.6 Å². The Kier molecular flexibility index (Phi) is 10.5. The third-order valence-electron chi connectivity index (χ3n) is 23.6. The van der Waals surface area contributed by atoms with Gasteiger partial charge in [-0.25, -0.2) is 0 Å². The van der Waals surface area contributed by atoms with Gasteiger partial charge < -0.3 is 32.3 Å². The van der Waals surface area contributed by atoms with Crippen molar-refractivity contribution in [2.24, 2.45) is 0 Å². The van der Waals surface area contributed by atoms with Crippen LogP contribution >= 0.6 is 0 Å². The zero-order chi connectivity index (χ0) is 95.6. The van der Waals surface area contributed by atoms with Crippen molar-refractivity contribution in [1.82, 2.24) is 13.7 Å². The number of para-hydroxylation sites is 8. The van der Waals surface area contributed by atoms with Crippen LogP contribution in [0.15, 0.2) is 312 Å². The van der Waals surface area contributed by atoms with Crippen molar-refractivity contribution in [1.29, 1.82) is 0 Å². The summed E-state index contributed by atoms with van der Waals surface area (Å²) in [6, 6.07) is 46.9. The molecule has 0 aliphatic carbocycles. The Labute approximate surface area is 693 Å². The second kappa shape index (κ2) is 24.2. The number of benzene rings is 15. The van der Waals surface area contributed by atoms with Crippen molar-refractivity contribution < 1.29 is 37.6 Å². The summed E-state index contributed by atoms with van der Waals surface area (Å²) in [5, 5.41) is 4.16. The van der Waals surface area contributed by atoms with Gasteiger partial charge in [-0.15, -0.1) is 0 Å². The molecule has 0 unspecified atom stereocenters. The molecule has 0 bridgehead atoms. The van der Waals surface area contributed by atoms with Crippen LogP contribution < -0.4 is 26.2 Å². The maximum Gasteiger partial charge on any atom is 0.252 e. The second-order valence-electron chi connectivity index (χ2n) is 34.5. The van der Waals surface area contributed by atoms with E-state index in [1.54, 1.807) is 24.3 Å². The predicted molar refractivity (Wildman–Crippen MR) is 484 cm³/mol. The molecule has 0 saturated carbocycles. The number of hydrogen-bond acceptors (Lipinski definition) is 4. The van der Waals surface area contributed by atoms with E-state index < -0.39 is 144 Å². The molecule has 2 aliphatic heterocycles. The lowest BCUT2D eigenvalue weighted by atomic mass is 9.33. The highest BCUT2D eigenvalue weighted by molar-refractivity contribution is 7.00. The van der Waals surface area contributed by atoms with Gasteiger partial charge in [-0.05, 0) is 186 Å². The van der Waals surface area contributed by atoms with Gasteiger partial charge in [-0.2, -0.15) is 0 Å². The number of anilines is 6. The van der Waals surface area contributed by atoms with Crippen molar-refractivity contribution in [2.45, 2.75) is 105 Å². The Morgan fingerprint density at radius 2 is 0.623 bits per heavy atom. The lowest BCUT2D eigenvalue weighted by molar-refractivity contribution is 0.569. The number of nitrogens with zero attached hydrogens (tertiary/aromatic N) is 5. The van der Waals surface area contributed by atoms with Crippen molar-refractivity contribution >= 4 is 167 Å². The molecule has 5 aromatic heterocycles. The Bertz CT molecular complexity index is 8570. The summed E-state index contributed by atoms with van der Waals surface area (Å²) >= 11 is 0. The van der Waals surface area contributed by atoms with Gasteiger partial charge in [-0.1, -0.05) is 283 Å². The summed E-state index contributed by atoms with van der Waals surface area (Å²) in [4.78, 5) is 4.21. The minimum Gasteiger partial charge on any atom is -0.452 e. The van der Waals surface area contributed by atoms with E-state index >= 15 is 0 Å². The molecule has 7 nitrogen and oxygen atoms in total. The Morgan fingerprint density at radius 1 is 0.254 bits per heavy atom. The second-order valence-corrected chi connectivity index (χ2v) is 34.5. The number of hydrogen-bond donors (Lipinski definition) is 0. The third-order valence-corrected chi connectivity index (χ3v) is 23.6. The minimum atomic E-state index is -0.881. The zero-order valence-corrected chi connectivity index (χ0v) is 64.9. The molecule has 0 fully saturated rings. The Hall–Kier alpha value is -13.0. The van der Waals surface area contributed by atoms with Gasteiger partial charge in [0.2, 0.25) is 0 Å². The zero-order valence-electron chi connectivity index (χ0n) is 85.9. The maximum atomic E-state index is 9.91. The quantitative estimate of drug-likeness (QED) is 0.149. The number of furan rings is 2. The maximum absolute atomic E-state index is 9.91. The lowest BCUT2D eigenvalue weighted by Gasteiger charge is -2.44. The van der Waals surface area contributed by atoms with E-state index in [4.69, 9.17) is 18.4 Å². The molecule has 15 aromatic carbocycles. The first-order valence-corrected chi connectivity index (χ1v) is 38.6. The Balaban J connectivity index is 0.904. The average molecular weight is 1490 g/mol. The van der Waals surface area contributed by atoms with E-state index in [-0.39, 0.29) is 88.1 Å². The summed E-state index contributed by atoms with van der Waals surface area (Å²) in [7, 11) is 0. The largest absolute Gasteiger partial charge is 0.452 e. The summed E-state index contributed by atoms with van der Waals surface area (Å²) in [6.07, 6.45) is 0. The monoisotopic (exact) mass is 1490 g/mol. The molecule has 0 radical (unpaired) electrons. The summed E-state index contributed by atoms with van der Waals surface area (Å²) in [5.41, 5.74) is 13.6. The molecule has 2 aliphatic rings. The van der Waals surface area contributed by atoms with Crippen molar-refractivity contribution in [3.8, 4) is 39.3 Å². The third kappa shape index (κ3) is 10.1. The molecule has 0 saturated heterocycles. The number of rotatable bonds is 7. The fourth-order valence-electron chi connectivity index (χ4n) is 17.9. The van der Waals surface area contributed by atoms with Crippen LogP contribution in [0, 0.1) is 0 Å². The fraction of sp³-hybridized carbons (Fsp3) is 0.151. The molecular weight excluding hydrogens is 1390 g/mol. The van der Waals surface area contributed by atoms with Crippen LogP contribution in [0.1, 0.15) is 134 Å². The molecule has 0 N–H and O–H groups in total. The van der Waals surface area contributed by atoms with E-state index in [0.717, 1.165) is 55.0 Å². The molecular formula is C106H86BN5O2. The van der Waals surface area contributed by atoms with Crippen molar-refractivity contribution in [3.05, 3.63) is 325 Å². The van der Waals surface area contributed by atoms with Gasteiger partial charge in [0.25, 0.3) is 6.71 Å². The van der Waals surface area contributed by atoms with E-state index in [2.05, 4.69) is 176 Å². The SMILES string of the molecule is [2H]c1c([2H])c([2H])c(-c2ccc3c(c2)N(c2cccc4c2oc2c(-n5c6c([2H])c([2H])c([2H])c([2H])c6c6c([2H])c([2H])c([2H])c([2H])c65)cccc24)c2cc(-c4cc(C(C)(C)C)cc(C(C)(C)C)c4)cc4c2B3c2ccc(-n3c5c([2H])c([2H])c([2H])c([2H])c5c5c([2H])c([2H])c([2H])c([2H])c53)cc2N4c2cccc3c2oc2c(-n4c5ccc(C(C)(C)C)cc5c5cc(C(C)(C)C)ccc54)cccc23)c([2H])c1[2H]. The summed E-state index contributed by atoms with van der Waals surface area (Å²) in [6.45, 7) is 25.4. The van der Waals surface area contributed by atoms with E-state index in [1.165, 1.54) is 20.3 Å². The highest BCUT2D eigenvalue weighted by atomic mass is 16.3. The van der Waals surface area contributed by atoms with Crippen molar-refractivity contribution in [3.63, 3.8) is 0 Å². The minimum absolute atomic E-state index is 0.0991. The van der Waals surface area contributed by atoms with Crippen LogP contribution in [0.25, 0.3) is 149 Å². The standard InChI is InChI=1S/C106H86BN5O2/c1-103(2,3)67-47-52-88-80(60-67)81-61-68(104(4,5)6)48-53-89(81)110(88)91-43-25-35-77-79-37-27-45-93(102(79)114-100(77)91)112-95-62-71(108-84-38-20-16-30-72(84)73-31-17-21-39-85(73)108)49-51-83(95)107-82-50-46-64(63-28-14-13-15-29-63)56-94(82)111(96-57-66(58-97(112)98(96)107)65-54-69(105(7,8)9)59-70(55-65)106(10,11)12)92-44-26-36-78-76-34-24-42-90(99(76)113-101(78)92)109-86-40-22-18-32-74(86)75-33-19-23-41-87(75)109/h13-62H,1-12H3/i13D,14D,15D,16D,17D,18D,19D,20D,21D,22D,23D,28D,29D,30D,31D,32D,33D,38D,39D,40D,41D. The van der Waals surface area contributed by atoms with Gasteiger partial charge in [0.1, 0.15) is 0 Å². The van der Waals surface area contributed by atoms with Gasteiger partial charge >= 0.3 is 0 Å². The molecule has 20 aromatic rings. The van der Waals surface area contributed by atoms with Crippen LogP contribution in [-0.2, 0) is 21.7 Å². The smallest absolute Gasteiger partial charge is 0.252 e. The molecule has 8 heteroatoms. The molecule has 7 heterocycles. The van der Waals surface area contributed by atoms with Gasteiger partial charge in [0, 0.05) is 82.3 Å². The predicted octanol–water partition coefficient (Wildman–Crippen LogP) is 27.4. The number of aromatic nitrogens is 3. The average Bonchev–Trinajstić information content (AvgIpc) is 1.66. The van der Waals surface area contributed by atoms with Gasteiger partial charge in [0.15, 0.2) is 22.3 Å². The first-order chi connectivity index (χ1) is 63.8. The van der Waals surface area contributed by atoms with Crippen LogP contribution in [0.4, 0.5) is 34.1 Å². The summed E-state index contributed by atoms with van der Waals surface area (Å²) in [5.74, 6) is 0. The van der Waals surface area contributed by atoms with Crippen molar-refractivity contribution in [2.75, 3.05) is 9.80 Å². The molecule has 550 valence electrons. The van der Waals surface area contributed by atoms with Crippen LogP contribution in [0.3, 0.4) is 0 Å². The van der Waals surface area contributed by atoms with Crippen LogP contribution in [0.2, 0.25) is 0 Å². The summed E-state index contributed by atoms with van der Waals surface area (Å²) < 4.78 is 218. The lowest BCUT2D eigenvalue weighted by Crippen LogP contribution is -2.61. The van der Waals surface area contributed by atoms with E-state index in [9.17, 15) is 19.2 Å². The number of fused-ring (bicyclic) bond motifs is 19. The topological polar surface area (TPSA) is 47.6 Å². The highest BCUT2D eigenvalue weighted by Crippen LogP contribution is 2.54. The molecule has 0 spiro atoms. The van der Waals surface area contributed by atoms with Crippen LogP contribution in [0.5, 0.6) is 0 Å². The highest BCUT2D eigenvalue weighted by Gasteiger charge is 2.46. The first-order valence-electron chi connectivity index (χ1n) is 49.1. The molecule has 114 heavy (non-hydrogen) atoms. The van der Waals surface area contributed by atoms with E-state index in [0.29, 0.717) is 78.0 Å². The first kappa shape index (κ1) is 49.4. The Morgan fingerprint density at radius 3 is 1.07 bits per heavy atom. The molecule has 0 amide bonds. The van der Waals surface area contributed by atoms with E-state index in [1.807, 2.05) is 72.8 Å². The molecule has 0 atom stereocenters.